The zero-order chi connectivity index (χ0) is 21.4. The van der Waals surface area contributed by atoms with Crippen LogP contribution >= 0.6 is 0 Å². The summed E-state index contributed by atoms with van der Waals surface area (Å²) in [7, 11) is 3.44. The van der Waals surface area contributed by atoms with Crippen LogP contribution in [0.2, 0.25) is 0 Å². The zero-order valence-corrected chi connectivity index (χ0v) is 18.2. The fourth-order valence-electron chi connectivity index (χ4n) is 4.44. The summed E-state index contributed by atoms with van der Waals surface area (Å²) in [4.78, 5) is 0. The van der Waals surface area contributed by atoms with Crippen LogP contribution in [-0.2, 0) is 11.3 Å². The van der Waals surface area contributed by atoms with E-state index in [0.29, 0.717) is 12.5 Å². The lowest BCUT2D eigenvalue weighted by Gasteiger charge is -2.13. The Balaban J connectivity index is 1.51. The number of allylic oxidation sites excluding steroid dienone is 1. The summed E-state index contributed by atoms with van der Waals surface area (Å²) in [6.45, 7) is 4.35. The highest BCUT2D eigenvalue weighted by atomic mass is 16.5. The van der Waals surface area contributed by atoms with E-state index in [4.69, 9.17) is 19.3 Å². The Morgan fingerprint density at radius 2 is 1.90 bits per heavy atom. The number of aryl methyl sites for hydroxylation is 1. The zero-order valence-electron chi connectivity index (χ0n) is 18.2. The first-order valence-electron chi connectivity index (χ1n) is 10.7. The molecule has 1 fully saturated rings. The fraction of sp³-hybridized carbons (Fsp3) is 0.308. The largest absolute Gasteiger partial charge is 0.496 e. The number of nitrogens with zero attached hydrogens (tertiary/aromatic N) is 2. The Bertz CT molecular complexity index is 1140. The van der Waals surface area contributed by atoms with Gasteiger partial charge in [0.05, 0.1) is 38.8 Å². The van der Waals surface area contributed by atoms with Gasteiger partial charge in [-0.15, -0.1) is 0 Å². The van der Waals surface area contributed by atoms with Crippen molar-refractivity contribution in [3.8, 4) is 22.8 Å². The highest BCUT2D eigenvalue weighted by molar-refractivity contribution is 5.96. The summed E-state index contributed by atoms with van der Waals surface area (Å²) in [5.74, 6) is 2.29. The molecule has 159 valence electrons. The van der Waals surface area contributed by atoms with Crippen LogP contribution in [0.4, 0.5) is 0 Å². The average Bonchev–Trinajstić information content (AvgIpc) is 3.21. The number of methoxy groups -OCH3 is 2. The van der Waals surface area contributed by atoms with E-state index in [1.807, 2.05) is 25.1 Å². The van der Waals surface area contributed by atoms with E-state index in [9.17, 15) is 0 Å². The lowest BCUT2D eigenvalue weighted by atomic mass is 10.0. The van der Waals surface area contributed by atoms with Crippen molar-refractivity contribution in [1.82, 2.24) is 9.78 Å². The van der Waals surface area contributed by atoms with Crippen LogP contribution < -0.4 is 9.47 Å². The van der Waals surface area contributed by atoms with Gasteiger partial charge in [0, 0.05) is 35.6 Å². The van der Waals surface area contributed by atoms with E-state index < -0.39 is 0 Å². The van der Waals surface area contributed by atoms with Gasteiger partial charge in [0.2, 0.25) is 0 Å². The maximum atomic E-state index is 5.69. The smallest absolute Gasteiger partial charge is 0.126 e. The second-order valence-electron chi connectivity index (χ2n) is 8.13. The van der Waals surface area contributed by atoms with Gasteiger partial charge in [-0.1, -0.05) is 23.8 Å². The van der Waals surface area contributed by atoms with Gasteiger partial charge >= 0.3 is 0 Å². The van der Waals surface area contributed by atoms with Crippen molar-refractivity contribution < 1.29 is 14.2 Å². The molecule has 1 radical (unpaired) electrons. The highest BCUT2D eigenvalue weighted by Gasteiger charge is 2.34. The second kappa shape index (κ2) is 8.23. The van der Waals surface area contributed by atoms with Gasteiger partial charge in [-0.3, -0.25) is 4.68 Å². The van der Waals surface area contributed by atoms with E-state index in [1.165, 1.54) is 11.1 Å². The summed E-state index contributed by atoms with van der Waals surface area (Å²) >= 11 is 0. The molecule has 5 heteroatoms. The summed E-state index contributed by atoms with van der Waals surface area (Å²) < 4.78 is 18.9. The number of para-hydroxylation sites is 1. The van der Waals surface area contributed by atoms with Crippen LogP contribution in [0.5, 0.6) is 11.5 Å². The Morgan fingerprint density at radius 1 is 1.06 bits per heavy atom. The predicted molar refractivity (Wildman–Crippen MR) is 121 cm³/mol. The van der Waals surface area contributed by atoms with Crippen LogP contribution in [0.15, 0.2) is 54.1 Å². The van der Waals surface area contributed by atoms with Crippen molar-refractivity contribution in [3.05, 3.63) is 77.3 Å². The summed E-state index contributed by atoms with van der Waals surface area (Å²) in [6.07, 6.45) is 3.38. The summed E-state index contributed by atoms with van der Waals surface area (Å²) in [6, 6.07) is 16.6. The maximum Gasteiger partial charge on any atom is 0.126 e. The van der Waals surface area contributed by atoms with Gasteiger partial charge in [-0.2, -0.15) is 5.10 Å². The third-order valence-corrected chi connectivity index (χ3v) is 6.10. The Kier molecular flexibility index (Phi) is 5.28. The van der Waals surface area contributed by atoms with Crippen molar-refractivity contribution >= 4 is 5.57 Å². The van der Waals surface area contributed by atoms with Crippen molar-refractivity contribution in [2.75, 3.05) is 27.4 Å². The standard InChI is InChI=1S/C26H27N2O3/c1-17-12-24(28(27-17)15-19-6-4-5-7-25(19)29-2)18-8-9-26(30-3)23(13-18)22-14-21(22)20-10-11-31-16-20/h4-9,12-14,20H,10-11,15-16H2,1-3H3. The fourth-order valence-corrected chi connectivity index (χ4v) is 4.44. The predicted octanol–water partition coefficient (Wildman–Crippen LogP) is 4.93. The van der Waals surface area contributed by atoms with Crippen molar-refractivity contribution in [1.29, 1.82) is 0 Å². The number of aromatic nitrogens is 2. The number of rotatable bonds is 7. The third-order valence-electron chi connectivity index (χ3n) is 6.10. The highest BCUT2D eigenvalue weighted by Crippen LogP contribution is 2.49. The molecule has 2 heterocycles. The number of hydrogen-bond donors (Lipinski definition) is 0. The molecule has 3 aromatic rings. The summed E-state index contributed by atoms with van der Waals surface area (Å²) in [5.41, 5.74) is 8.14. The van der Waals surface area contributed by atoms with Gasteiger partial charge in [-0.05, 0) is 49.2 Å². The first-order chi connectivity index (χ1) is 15.2. The minimum absolute atomic E-state index is 0.515. The van der Waals surface area contributed by atoms with E-state index in [-0.39, 0.29) is 0 Å². The molecule has 1 saturated heterocycles. The Labute approximate surface area is 183 Å². The minimum atomic E-state index is 0.515. The van der Waals surface area contributed by atoms with Crippen LogP contribution in [-0.4, -0.2) is 37.2 Å². The number of hydrogen-bond acceptors (Lipinski definition) is 4. The van der Waals surface area contributed by atoms with Crippen LogP contribution in [0, 0.1) is 19.3 Å². The lowest BCUT2D eigenvalue weighted by molar-refractivity contribution is 0.191. The number of ether oxygens (including phenoxy) is 3. The van der Waals surface area contributed by atoms with Crippen molar-refractivity contribution in [3.63, 3.8) is 0 Å². The monoisotopic (exact) mass is 415 g/mol. The topological polar surface area (TPSA) is 45.5 Å². The van der Waals surface area contributed by atoms with Gasteiger partial charge in [0.1, 0.15) is 11.5 Å². The van der Waals surface area contributed by atoms with Crippen molar-refractivity contribution in [2.24, 2.45) is 5.92 Å². The molecule has 1 aliphatic heterocycles. The van der Waals surface area contributed by atoms with Crippen LogP contribution in [0.1, 0.15) is 23.2 Å². The normalized spacial score (nSPS) is 17.8. The molecule has 1 aromatic heterocycles. The molecule has 0 N–H and O–H groups in total. The Morgan fingerprint density at radius 3 is 2.68 bits per heavy atom. The van der Waals surface area contributed by atoms with E-state index in [0.717, 1.165) is 59.2 Å². The SMILES string of the molecule is COc1ccccc1Cn1nc(C)cc1-c1ccc(OC)c(C2=C(C3CCOC3)[CH]2)c1. The lowest BCUT2D eigenvalue weighted by Crippen LogP contribution is -2.05. The molecule has 5 nitrogen and oxygen atoms in total. The molecule has 0 bridgehead atoms. The molecule has 1 unspecified atom stereocenters. The molecular formula is C26H27N2O3. The first kappa shape index (κ1) is 19.9. The van der Waals surface area contributed by atoms with Crippen molar-refractivity contribution in [2.45, 2.75) is 19.9 Å². The van der Waals surface area contributed by atoms with Crippen LogP contribution in [0.3, 0.4) is 0 Å². The molecule has 2 aromatic carbocycles. The van der Waals surface area contributed by atoms with E-state index in [2.05, 4.69) is 41.4 Å². The average molecular weight is 416 g/mol. The molecule has 0 saturated carbocycles. The van der Waals surface area contributed by atoms with Gasteiger partial charge in [0.25, 0.3) is 0 Å². The molecule has 2 aliphatic rings. The van der Waals surface area contributed by atoms with E-state index in [1.54, 1.807) is 14.2 Å². The third kappa shape index (κ3) is 3.86. The van der Waals surface area contributed by atoms with Gasteiger partial charge in [0.15, 0.2) is 0 Å². The van der Waals surface area contributed by atoms with Gasteiger partial charge < -0.3 is 14.2 Å². The van der Waals surface area contributed by atoms with Gasteiger partial charge in [-0.25, -0.2) is 0 Å². The quantitative estimate of drug-likeness (QED) is 0.549. The summed E-state index contributed by atoms with van der Waals surface area (Å²) in [5, 5.41) is 4.76. The molecule has 1 aliphatic carbocycles. The molecular weight excluding hydrogens is 388 g/mol. The Hall–Kier alpha value is -3.05. The maximum absolute atomic E-state index is 5.69. The minimum Gasteiger partial charge on any atom is -0.496 e. The first-order valence-corrected chi connectivity index (χ1v) is 10.7. The molecule has 5 rings (SSSR count). The molecule has 1 atom stereocenters. The molecule has 0 spiro atoms. The van der Waals surface area contributed by atoms with Crippen LogP contribution in [0.25, 0.3) is 16.8 Å². The molecule has 31 heavy (non-hydrogen) atoms. The second-order valence-corrected chi connectivity index (χ2v) is 8.13. The molecule has 0 amide bonds. The van der Waals surface area contributed by atoms with E-state index >= 15 is 0 Å². The number of benzene rings is 2.